The van der Waals surface area contributed by atoms with Gasteiger partial charge in [-0.15, -0.1) is 0 Å². The summed E-state index contributed by atoms with van der Waals surface area (Å²) in [4.78, 5) is 11.3. The van der Waals surface area contributed by atoms with Crippen LogP contribution in [0.25, 0.3) is 16.8 Å². The second-order valence-corrected chi connectivity index (χ2v) is 4.11. The Labute approximate surface area is 105 Å². The van der Waals surface area contributed by atoms with Gasteiger partial charge >= 0.3 is 5.97 Å². The summed E-state index contributed by atoms with van der Waals surface area (Å²) in [5, 5.41) is 11.4. The summed E-state index contributed by atoms with van der Waals surface area (Å²) >= 11 is 0. The Morgan fingerprint density at radius 2 is 1.83 bits per heavy atom. The number of rotatable bonds is 2. The summed E-state index contributed by atoms with van der Waals surface area (Å²) in [6, 6.07) is 11.0. The maximum absolute atomic E-state index is 11.3. The number of carbonyl (C=O) groups is 1. The van der Waals surface area contributed by atoms with Crippen molar-refractivity contribution < 1.29 is 14.6 Å². The number of benzene rings is 2. The molecule has 3 nitrogen and oxygen atoms in total. The molecule has 1 N–H and O–H groups in total. The second-order valence-electron chi connectivity index (χ2n) is 4.11. The van der Waals surface area contributed by atoms with Crippen LogP contribution in [0.3, 0.4) is 0 Å². The highest BCUT2D eigenvalue weighted by Crippen LogP contribution is 2.22. The molecular formula is C15H14O3. The normalized spacial score (nSPS) is 11.6. The maximum atomic E-state index is 11.3. The first-order chi connectivity index (χ1) is 8.60. The molecule has 18 heavy (non-hydrogen) atoms. The average molecular weight is 242 g/mol. The predicted octanol–water partition coefficient (Wildman–Crippen LogP) is 3.12. The van der Waals surface area contributed by atoms with Crippen molar-refractivity contribution in [3.63, 3.8) is 0 Å². The number of ether oxygens (including phenoxy) is 1. The summed E-state index contributed by atoms with van der Waals surface area (Å²) in [5.41, 5.74) is 1.48. The van der Waals surface area contributed by atoms with Crippen LogP contribution in [0.15, 0.2) is 42.0 Å². The maximum Gasteiger partial charge on any atom is 0.333 e. The molecule has 0 fully saturated rings. The van der Waals surface area contributed by atoms with E-state index >= 15 is 0 Å². The zero-order valence-electron chi connectivity index (χ0n) is 10.3. The average Bonchev–Trinajstić information content (AvgIpc) is 2.38. The Bertz CT molecular complexity index is 627. The Hall–Kier alpha value is -2.29. The van der Waals surface area contributed by atoms with Crippen molar-refractivity contribution in [1.29, 1.82) is 0 Å². The summed E-state index contributed by atoms with van der Waals surface area (Å²) in [6.45, 7) is 1.72. The third-order valence-corrected chi connectivity index (χ3v) is 2.74. The van der Waals surface area contributed by atoms with Gasteiger partial charge in [0.1, 0.15) is 5.75 Å². The summed E-state index contributed by atoms with van der Waals surface area (Å²) in [7, 11) is 1.36. The van der Waals surface area contributed by atoms with Gasteiger partial charge in [-0.05, 0) is 47.5 Å². The number of hydrogen-bond acceptors (Lipinski definition) is 3. The molecule has 0 aliphatic heterocycles. The third-order valence-electron chi connectivity index (χ3n) is 2.74. The molecule has 2 aromatic carbocycles. The fraction of sp³-hybridized carbons (Fsp3) is 0.133. The SMILES string of the molecule is COC(=O)C(C)=Cc1ccc2cc(O)ccc2c1. The van der Waals surface area contributed by atoms with E-state index < -0.39 is 0 Å². The lowest BCUT2D eigenvalue weighted by Gasteiger charge is -2.02. The molecular weight excluding hydrogens is 228 g/mol. The first kappa shape index (κ1) is 12.2. The van der Waals surface area contributed by atoms with Gasteiger partial charge in [-0.1, -0.05) is 18.2 Å². The molecule has 0 bridgehead atoms. The van der Waals surface area contributed by atoms with Crippen molar-refractivity contribution in [2.24, 2.45) is 0 Å². The monoisotopic (exact) mass is 242 g/mol. The van der Waals surface area contributed by atoms with E-state index in [9.17, 15) is 9.90 Å². The zero-order valence-corrected chi connectivity index (χ0v) is 10.3. The van der Waals surface area contributed by atoms with Crippen LogP contribution in [0.2, 0.25) is 0 Å². The van der Waals surface area contributed by atoms with Gasteiger partial charge in [0.05, 0.1) is 7.11 Å². The molecule has 0 aromatic heterocycles. The van der Waals surface area contributed by atoms with E-state index in [2.05, 4.69) is 4.74 Å². The van der Waals surface area contributed by atoms with Crippen LogP contribution in [0.1, 0.15) is 12.5 Å². The predicted molar refractivity (Wildman–Crippen MR) is 71.3 cm³/mol. The number of phenols is 1. The molecule has 0 saturated carbocycles. The van der Waals surface area contributed by atoms with Crippen LogP contribution in [-0.2, 0) is 9.53 Å². The Morgan fingerprint density at radius 3 is 2.56 bits per heavy atom. The fourth-order valence-corrected chi connectivity index (χ4v) is 1.81. The van der Waals surface area contributed by atoms with E-state index in [1.165, 1.54) is 7.11 Å². The topological polar surface area (TPSA) is 46.5 Å². The standard InChI is InChI=1S/C15H14O3/c1-10(15(17)18-2)7-11-3-4-13-9-14(16)6-5-12(13)8-11/h3-9,16H,1-2H3. The van der Waals surface area contributed by atoms with E-state index in [0.29, 0.717) is 5.57 Å². The molecule has 0 aliphatic carbocycles. The minimum absolute atomic E-state index is 0.247. The van der Waals surface area contributed by atoms with Crippen molar-refractivity contribution in [2.45, 2.75) is 6.92 Å². The van der Waals surface area contributed by atoms with Gasteiger partial charge in [0.25, 0.3) is 0 Å². The largest absolute Gasteiger partial charge is 0.508 e. The molecule has 2 rings (SSSR count). The van der Waals surface area contributed by atoms with Gasteiger partial charge in [0.2, 0.25) is 0 Å². The minimum atomic E-state index is -0.333. The van der Waals surface area contributed by atoms with Gasteiger partial charge in [0, 0.05) is 5.57 Å². The van der Waals surface area contributed by atoms with Crippen LogP contribution in [0.4, 0.5) is 0 Å². The molecule has 0 amide bonds. The highest BCUT2D eigenvalue weighted by atomic mass is 16.5. The van der Waals surface area contributed by atoms with Crippen LogP contribution in [-0.4, -0.2) is 18.2 Å². The molecule has 0 radical (unpaired) electrons. The van der Waals surface area contributed by atoms with Gasteiger partial charge in [-0.25, -0.2) is 4.79 Å². The first-order valence-electron chi connectivity index (χ1n) is 5.59. The van der Waals surface area contributed by atoms with E-state index in [4.69, 9.17) is 0 Å². The zero-order chi connectivity index (χ0) is 13.1. The quantitative estimate of drug-likeness (QED) is 0.650. The molecule has 0 heterocycles. The second kappa shape index (κ2) is 4.92. The molecule has 3 heteroatoms. The number of carbonyl (C=O) groups excluding carboxylic acids is 1. The number of methoxy groups -OCH3 is 1. The lowest BCUT2D eigenvalue weighted by atomic mass is 10.1. The van der Waals surface area contributed by atoms with Crippen LogP contribution in [0.5, 0.6) is 5.75 Å². The minimum Gasteiger partial charge on any atom is -0.508 e. The van der Waals surface area contributed by atoms with Crippen molar-refractivity contribution in [3.05, 3.63) is 47.5 Å². The molecule has 0 spiro atoms. The third kappa shape index (κ3) is 2.51. The molecule has 0 aliphatic rings. The number of aromatic hydroxyl groups is 1. The van der Waals surface area contributed by atoms with E-state index in [-0.39, 0.29) is 11.7 Å². The summed E-state index contributed by atoms with van der Waals surface area (Å²) in [6.07, 6.45) is 1.78. The van der Waals surface area contributed by atoms with Gasteiger partial charge in [-0.2, -0.15) is 0 Å². The van der Waals surface area contributed by atoms with Crippen molar-refractivity contribution in [3.8, 4) is 5.75 Å². The Morgan fingerprint density at radius 1 is 1.17 bits per heavy atom. The van der Waals surface area contributed by atoms with Crippen LogP contribution >= 0.6 is 0 Å². The van der Waals surface area contributed by atoms with Gasteiger partial charge in [-0.3, -0.25) is 0 Å². The molecule has 92 valence electrons. The van der Waals surface area contributed by atoms with Crippen LogP contribution < -0.4 is 0 Å². The first-order valence-corrected chi connectivity index (χ1v) is 5.59. The lowest BCUT2D eigenvalue weighted by Crippen LogP contribution is -2.00. The summed E-state index contributed by atoms with van der Waals surface area (Å²) < 4.78 is 4.65. The van der Waals surface area contributed by atoms with E-state index in [0.717, 1.165) is 16.3 Å². The number of fused-ring (bicyclic) bond motifs is 1. The highest BCUT2D eigenvalue weighted by Gasteiger charge is 2.03. The van der Waals surface area contributed by atoms with E-state index in [1.54, 1.807) is 25.1 Å². The Balaban J connectivity index is 2.42. The Kier molecular flexibility index (Phi) is 3.33. The molecule has 0 unspecified atom stereocenters. The molecule has 2 aromatic rings. The summed E-state index contributed by atoms with van der Waals surface area (Å²) in [5.74, 6) is -0.0858. The van der Waals surface area contributed by atoms with Gasteiger partial charge in [0.15, 0.2) is 0 Å². The van der Waals surface area contributed by atoms with Crippen LogP contribution in [0, 0.1) is 0 Å². The van der Waals surface area contributed by atoms with Crippen molar-refractivity contribution >= 4 is 22.8 Å². The van der Waals surface area contributed by atoms with Gasteiger partial charge < -0.3 is 9.84 Å². The number of phenolic OH excluding ortho intramolecular Hbond substituents is 1. The molecule has 0 atom stereocenters. The number of esters is 1. The molecule has 0 saturated heterocycles. The lowest BCUT2D eigenvalue weighted by molar-refractivity contribution is -0.135. The van der Waals surface area contributed by atoms with E-state index in [1.807, 2.05) is 24.3 Å². The van der Waals surface area contributed by atoms with Crippen molar-refractivity contribution in [2.75, 3.05) is 7.11 Å². The highest BCUT2D eigenvalue weighted by molar-refractivity contribution is 5.94. The number of hydrogen-bond donors (Lipinski definition) is 1. The fourth-order valence-electron chi connectivity index (χ4n) is 1.81. The van der Waals surface area contributed by atoms with Crippen molar-refractivity contribution in [1.82, 2.24) is 0 Å². The smallest absolute Gasteiger partial charge is 0.333 e.